The van der Waals surface area contributed by atoms with Gasteiger partial charge in [0.1, 0.15) is 5.37 Å². The average molecular weight is 185 g/mol. The van der Waals surface area contributed by atoms with E-state index in [0.717, 1.165) is 11.8 Å². The van der Waals surface area contributed by atoms with E-state index in [1.54, 1.807) is 0 Å². The highest BCUT2D eigenvalue weighted by Gasteiger charge is 2.35. The van der Waals surface area contributed by atoms with Crippen LogP contribution in [0.5, 0.6) is 0 Å². The highest BCUT2D eigenvalue weighted by Crippen LogP contribution is 2.23. The molecule has 0 aromatic rings. The monoisotopic (exact) mass is 185 g/mol. The molecule has 6 heteroatoms. The van der Waals surface area contributed by atoms with Gasteiger partial charge in [-0.25, -0.2) is 13.2 Å². The van der Waals surface area contributed by atoms with Crippen molar-refractivity contribution in [1.82, 2.24) is 5.32 Å². The van der Waals surface area contributed by atoms with Gasteiger partial charge in [0.15, 0.2) is 6.17 Å². The average Bonchev–Trinajstić information content (AvgIpc) is 2.34. The topological polar surface area (TPSA) is 29.1 Å². The molecule has 64 valence electrons. The molecule has 2 atom stereocenters. The first-order valence-corrected chi connectivity index (χ1v) is 3.99. The standard InChI is InChI=1S/C5H6F3NOS/c6-3(4(7)8)5-9-2(10)1-11-5/h3-5H,1H2,(H,9,10). The molecule has 1 fully saturated rings. The summed E-state index contributed by atoms with van der Waals surface area (Å²) in [7, 11) is 0. The Kier molecular flexibility index (Phi) is 2.64. The van der Waals surface area contributed by atoms with Gasteiger partial charge < -0.3 is 5.32 Å². The molecule has 2 unspecified atom stereocenters. The minimum Gasteiger partial charge on any atom is -0.340 e. The normalized spacial score (nSPS) is 27.3. The van der Waals surface area contributed by atoms with Crippen LogP contribution in [0.2, 0.25) is 0 Å². The maximum Gasteiger partial charge on any atom is 0.272 e. The van der Waals surface area contributed by atoms with Crippen LogP contribution < -0.4 is 5.32 Å². The lowest BCUT2D eigenvalue weighted by Crippen LogP contribution is -2.36. The summed E-state index contributed by atoms with van der Waals surface area (Å²) in [5, 5.41) is 1.04. The second-order valence-corrected chi connectivity index (χ2v) is 3.21. The van der Waals surface area contributed by atoms with Crippen LogP contribution in [0.15, 0.2) is 0 Å². The van der Waals surface area contributed by atoms with E-state index in [0.29, 0.717) is 0 Å². The van der Waals surface area contributed by atoms with Crippen LogP contribution >= 0.6 is 11.8 Å². The maximum atomic E-state index is 12.4. The summed E-state index contributed by atoms with van der Waals surface area (Å²) in [4.78, 5) is 10.4. The number of carbonyl (C=O) groups excluding carboxylic acids is 1. The number of hydrogen-bond donors (Lipinski definition) is 1. The molecule has 0 aromatic carbocycles. The molecule has 1 N–H and O–H groups in total. The van der Waals surface area contributed by atoms with Crippen molar-refractivity contribution in [2.24, 2.45) is 0 Å². The molecule has 1 saturated heterocycles. The molecule has 1 aliphatic rings. The number of halogens is 3. The van der Waals surface area contributed by atoms with Gasteiger partial charge in [-0.05, 0) is 0 Å². The van der Waals surface area contributed by atoms with Gasteiger partial charge in [-0.1, -0.05) is 0 Å². The third kappa shape index (κ3) is 2.02. The number of carbonyl (C=O) groups is 1. The summed E-state index contributed by atoms with van der Waals surface area (Å²) in [6.45, 7) is 0. The smallest absolute Gasteiger partial charge is 0.272 e. The van der Waals surface area contributed by atoms with Gasteiger partial charge >= 0.3 is 0 Å². The zero-order valence-electron chi connectivity index (χ0n) is 5.39. The fourth-order valence-electron chi connectivity index (χ4n) is 0.711. The predicted molar refractivity (Wildman–Crippen MR) is 35.3 cm³/mol. The Morgan fingerprint density at radius 1 is 1.55 bits per heavy atom. The van der Waals surface area contributed by atoms with E-state index in [-0.39, 0.29) is 11.7 Å². The van der Waals surface area contributed by atoms with Gasteiger partial charge in [0.2, 0.25) is 5.91 Å². The van der Waals surface area contributed by atoms with E-state index >= 15 is 0 Å². The van der Waals surface area contributed by atoms with Crippen molar-refractivity contribution < 1.29 is 18.0 Å². The maximum absolute atomic E-state index is 12.4. The van der Waals surface area contributed by atoms with Crippen LogP contribution in [0.4, 0.5) is 13.2 Å². The van der Waals surface area contributed by atoms with E-state index in [1.165, 1.54) is 0 Å². The van der Waals surface area contributed by atoms with E-state index in [4.69, 9.17) is 0 Å². The number of thioether (sulfide) groups is 1. The molecule has 1 amide bonds. The SMILES string of the molecule is O=C1CSC(C(F)C(F)F)N1. The van der Waals surface area contributed by atoms with Crippen molar-refractivity contribution in [3.63, 3.8) is 0 Å². The van der Waals surface area contributed by atoms with Gasteiger partial charge in [0.25, 0.3) is 6.43 Å². The zero-order valence-corrected chi connectivity index (χ0v) is 6.21. The number of rotatable bonds is 2. The van der Waals surface area contributed by atoms with Crippen molar-refractivity contribution in [1.29, 1.82) is 0 Å². The molecule has 0 aromatic heterocycles. The Bertz CT molecular complexity index is 166. The van der Waals surface area contributed by atoms with Crippen LogP contribution in [0.3, 0.4) is 0 Å². The Morgan fingerprint density at radius 3 is 2.55 bits per heavy atom. The van der Waals surface area contributed by atoms with Crippen LogP contribution in [0, 0.1) is 0 Å². The van der Waals surface area contributed by atoms with Crippen LogP contribution in [-0.2, 0) is 4.79 Å². The summed E-state index contributed by atoms with van der Waals surface area (Å²) in [5.41, 5.74) is 0. The second kappa shape index (κ2) is 3.34. The van der Waals surface area contributed by atoms with Gasteiger partial charge in [-0.3, -0.25) is 4.79 Å². The highest BCUT2D eigenvalue weighted by atomic mass is 32.2. The van der Waals surface area contributed by atoms with Gasteiger partial charge in [-0.2, -0.15) is 0 Å². The molecular formula is C5H6F3NOS. The van der Waals surface area contributed by atoms with E-state index in [9.17, 15) is 18.0 Å². The minimum absolute atomic E-state index is 0.0673. The summed E-state index contributed by atoms with van der Waals surface area (Å²) >= 11 is 0.871. The quantitative estimate of drug-likeness (QED) is 0.688. The van der Waals surface area contributed by atoms with Crippen LogP contribution in [0.25, 0.3) is 0 Å². The fraction of sp³-hybridized carbons (Fsp3) is 0.800. The highest BCUT2D eigenvalue weighted by molar-refractivity contribution is 8.01. The second-order valence-electron chi connectivity index (χ2n) is 2.08. The van der Waals surface area contributed by atoms with Crippen molar-refractivity contribution in [2.75, 3.05) is 5.75 Å². The van der Waals surface area contributed by atoms with Crippen molar-refractivity contribution >= 4 is 17.7 Å². The van der Waals surface area contributed by atoms with E-state index < -0.39 is 18.0 Å². The predicted octanol–water partition coefficient (Wildman–Crippen LogP) is 0.779. The summed E-state index contributed by atoms with van der Waals surface area (Å²) in [5.74, 6) is -0.319. The molecule has 11 heavy (non-hydrogen) atoms. The lowest BCUT2D eigenvalue weighted by atomic mass is 10.4. The Morgan fingerprint density at radius 2 is 2.18 bits per heavy atom. The zero-order chi connectivity index (χ0) is 8.43. The van der Waals surface area contributed by atoms with Crippen molar-refractivity contribution in [2.45, 2.75) is 18.0 Å². The Labute approximate surface area is 65.5 Å². The van der Waals surface area contributed by atoms with Gasteiger partial charge in [0.05, 0.1) is 5.75 Å². The summed E-state index contributed by atoms with van der Waals surface area (Å²) in [6.07, 6.45) is -5.28. The number of alkyl halides is 3. The van der Waals surface area contributed by atoms with Crippen LogP contribution in [0.1, 0.15) is 0 Å². The lowest BCUT2D eigenvalue weighted by Gasteiger charge is -2.12. The Hall–Kier alpha value is -0.390. The van der Waals surface area contributed by atoms with E-state index in [1.807, 2.05) is 0 Å². The molecule has 0 bridgehead atoms. The third-order valence-electron chi connectivity index (χ3n) is 1.23. The Balaban J connectivity index is 2.43. The van der Waals surface area contributed by atoms with Gasteiger partial charge in [-0.15, -0.1) is 11.8 Å². The van der Waals surface area contributed by atoms with E-state index in [2.05, 4.69) is 5.32 Å². The number of nitrogens with one attached hydrogen (secondary N) is 1. The summed E-state index contributed by atoms with van der Waals surface area (Å²) < 4.78 is 35.8. The molecule has 0 spiro atoms. The number of hydrogen-bond acceptors (Lipinski definition) is 2. The van der Waals surface area contributed by atoms with Crippen molar-refractivity contribution in [3.8, 4) is 0 Å². The molecule has 0 radical (unpaired) electrons. The molecule has 1 rings (SSSR count). The summed E-state index contributed by atoms with van der Waals surface area (Å²) in [6, 6.07) is 0. The first kappa shape index (κ1) is 8.70. The molecule has 1 heterocycles. The lowest BCUT2D eigenvalue weighted by molar-refractivity contribution is -0.118. The first-order valence-electron chi connectivity index (χ1n) is 2.94. The van der Waals surface area contributed by atoms with Crippen LogP contribution in [-0.4, -0.2) is 29.6 Å². The molecule has 0 saturated carbocycles. The molecule has 0 aliphatic carbocycles. The fourth-order valence-corrected chi connectivity index (χ4v) is 1.64. The number of amides is 1. The van der Waals surface area contributed by atoms with Gasteiger partial charge in [0, 0.05) is 0 Å². The molecular weight excluding hydrogens is 179 g/mol. The molecule has 2 nitrogen and oxygen atoms in total. The minimum atomic E-state index is -3.02. The van der Waals surface area contributed by atoms with Crippen molar-refractivity contribution in [3.05, 3.63) is 0 Å². The third-order valence-corrected chi connectivity index (χ3v) is 2.39. The largest absolute Gasteiger partial charge is 0.340 e. The molecule has 1 aliphatic heterocycles. The first-order chi connectivity index (χ1) is 5.11.